The maximum absolute atomic E-state index is 13.5. The third-order valence-electron chi connectivity index (χ3n) is 7.78. The maximum atomic E-state index is 13.5. The molecule has 0 amide bonds. The molecule has 1 fully saturated rings. The molecule has 2 aromatic carbocycles. The number of hydrogen-bond acceptors (Lipinski definition) is 4. The average molecular weight is 513 g/mol. The molecular weight excluding hydrogens is 480 g/mol. The normalized spacial score (nSPS) is 25.9. The zero-order valence-corrected chi connectivity index (χ0v) is 22.0. The van der Waals surface area contributed by atoms with Gasteiger partial charge in [0.2, 0.25) is 20.0 Å². The minimum absolute atomic E-state index is 0.00689. The van der Waals surface area contributed by atoms with Gasteiger partial charge in [-0.2, -0.15) is 8.61 Å². The van der Waals surface area contributed by atoms with Gasteiger partial charge >= 0.3 is 0 Å². The fourth-order valence-corrected chi connectivity index (χ4v) is 8.59. The summed E-state index contributed by atoms with van der Waals surface area (Å²) in [4.78, 5) is 0.605. The lowest BCUT2D eigenvalue weighted by Gasteiger charge is -2.37. The third-order valence-corrected chi connectivity index (χ3v) is 11.4. The van der Waals surface area contributed by atoms with E-state index in [0.29, 0.717) is 36.0 Å². The molecule has 0 spiro atoms. The van der Waals surface area contributed by atoms with Crippen molar-refractivity contribution in [1.29, 1.82) is 0 Å². The average Bonchev–Trinajstić information content (AvgIpc) is 3.17. The van der Waals surface area contributed by atoms with E-state index in [0.717, 1.165) is 23.1 Å². The second kappa shape index (κ2) is 9.00. The van der Waals surface area contributed by atoms with Gasteiger partial charge in [0.05, 0.1) is 9.79 Å². The molecule has 0 saturated carbocycles. The molecule has 3 aliphatic rings. The lowest BCUT2D eigenvalue weighted by atomic mass is 9.70. The monoisotopic (exact) mass is 512 g/mol. The van der Waals surface area contributed by atoms with Gasteiger partial charge in [0.1, 0.15) is 0 Å². The van der Waals surface area contributed by atoms with E-state index in [1.54, 1.807) is 32.9 Å². The first-order valence-electron chi connectivity index (χ1n) is 12.1. The van der Waals surface area contributed by atoms with Crippen molar-refractivity contribution in [3.63, 3.8) is 0 Å². The first-order valence-corrected chi connectivity index (χ1v) is 14.9. The van der Waals surface area contributed by atoms with Crippen LogP contribution in [-0.4, -0.2) is 51.6 Å². The summed E-state index contributed by atoms with van der Waals surface area (Å²) in [6.45, 7) is 7.44. The van der Waals surface area contributed by atoms with Crippen LogP contribution in [0.25, 0.3) is 0 Å². The molecule has 0 N–H and O–H groups in total. The lowest BCUT2D eigenvalue weighted by molar-refractivity contribution is 0.235. The zero-order chi connectivity index (χ0) is 25.0. The van der Waals surface area contributed by atoms with Crippen molar-refractivity contribution < 1.29 is 16.8 Å². The van der Waals surface area contributed by atoms with Crippen molar-refractivity contribution in [2.75, 3.05) is 26.2 Å². The first-order chi connectivity index (χ1) is 16.6. The number of fused-ring (bicyclic) bond motifs is 3. The summed E-state index contributed by atoms with van der Waals surface area (Å²) in [5, 5.41) is 0. The van der Waals surface area contributed by atoms with Crippen LogP contribution in [0.4, 0.5) is 0 Å². The van der Waals surface area contributed by atoms with Crippen molar-refractivity contribution in [3.8, 4) is 0 Å². The van der Waals surface area contributed by atoms with Crippen molar-refractivity contribution in [1.82, 2.24) is 8.61 Å². The smallest absolute Gasteiger partial charge is 0.207 e. The van der Waals surface area contributed by atoms with Crippen LogP contribution in [0, 0.1) is 31.6 Å². The molecule has 0 bridgehead atoms. The summed E-state index contributed by atoms with van der Waals surface area (Å²) in [5.41, 5.74) is 4.42. The fourth-order valence-electron chi connectivity index (χ4n) is 5.72. The SMILES string of the molecule is CC1=C2CN(S(=O)(=O)c3ccc(C)cc3)CC2C2CN(S(=O)(=O)c3ccc(C)cc3)CC=CC2C1. The second-order valence-corrected chi connectivity index (χ2v) is 14.0. The summed E-state index contributed by atoms with van der Waals surface area (Å²) in [5.74, 6) is 0.238. The van der Waals surface area contributed by atoms with Gasteiger partial charge in [-0.1, -0.05) is 58.7 Å². The molecule has 6 nitrogen and oxygen atoms in total. The molecular formula is C27H32N2O4S2. The fraction of sp³-hybridized carbons (Fsp3) is 0.407. The topological polar surface area (TPSA) is 74.8 Å². The van der Waals surface area contributed by atoms with E-state index in [1.165, 1.54) is 5.57 Å². The van der Waals surface area contributed by atoms with Crippen LogP contribution in [0.3, 0.4) is 0 Å². The van der Waals surface area contributed by atoms with E-state index < -0.39 is 20.0 Å². The van der Waals surface area contributed by atoms with Crippen LogP contribution in [0.5, 0.6) is 0 Å². The van der Waals surface area contributed by atoms with E-state index in [4.69, 9.17) is 0 Å². The number of allylic oxidation sites excluding steroid dienone is 2. The number of benzene rings is 2. The zero-order valence-electron chi connectivity index (χ0n) is 20.4. The van der Waals surface area contributed by atoms with Gasteiger partial charge in [-0.05, 0) is 69.2 Å². The highest BCUT2D eigenvalue weighted by molar-refractivity contribution is 7.89. The van der Waals surface area contributed by atoms with Crippen LogP contribution < -0.4 is 0 Å². The Kier molecular flexibility index (Phi) is 6.28. The molecule has 8 heteroatoms. The van der Waals surface area contributed by atoms with Crippen LogP contribution >= 0.6 is 0 Å². The summed E-state index contributed by atoms with van der Waals surface area (Å²) < 4.78 is 57.0. The molecule has 35 heavy (non-hydrogen) atoms. The Morgan fingerprint density at radius 1 is 0.743 bits per heavy atom. The van der Waals surface area contributed by atoms with Crippen molar-refractivity contribution in [2.24, 2.45) is 17.8 Å². The van der Waals surface area contributed by atoms with Gasteiger partial charge in [0, 0.05) is 26.2 Å². The van der Waals surface area contributed by atoms with E-state index in [-0.39, 0.29) is 17.8 Å². The molecule has 1 saturated heterocycles. The van der Waals surface area contributed by atoms with Crippen LogP contribution in [0.2, 0.25) is 0 Å². The van der Waals surface area contributed by atoms with Gasteiger partial charge in [0.25, 0.3) is 0 Å². The molecule has 5 rings (SSSR count). The molecule has 2 aliphatic heterocycles. The predicted octanol–water partition coefficient (Wildman–Crippen LogP) is 4.14. The second-order valence-electron chi connectivity index (χ2n) is 10.1. The van der Waals surface area contributed by atoms with Crippen molar-refractivity contribution in [2.45, 2.75) is 37.0 Å². The Labute approximate surface area is 209 Å². The molecule has 2 heterocycles. The standard InChI is InChI=1S/C27H32N2O4S2/c1-19-6-10-23(11-7-19)34(30,31)28-14-4-5-22-15-21(3)25-16-29(18-27(25)26(22)17-28)35(32,33)24-12-8-20(2)9-13-24/h4-13,22,26-27H,14-18H2,1-3H3. The molecule has 186 valence electrons. The highest BCUT2D eigenvalue weighted by Crippen LogP contribution is 2.46. The number of nitrogens with zero attached hydrogens (tertiary/aromatic N) is 2. The van der Waals surface area contributed by atoms with Crippen molar-refractivity contribution in [3.05, 3.63) is 83.0 Å². The minimum Gasteiger partial charge on any atom is -0.207 e. The van der Waals surface area contributed by atoms with Gasteiger partial charge < -0.3 is 0 Å². The van der Waals surface area contributed by atoms with Crippen LogP contribution in [0.1, 0.15) is 24.5 Å². The van der Waals surface area contributed by atoms with Gasteiger partial charge in [-0.3, -0.25) is 0 Å². The first kappa shape index (κ1) is 24.4. The largest absolute Gasteiger partial charge is 0.243 e. The predicted molar refractivity (Wildman–Crippen MR) is 137 cm³/mol. The number of aryl methyl sites for hydroxylation is 2. The summed E-state index contributed by atoms with van der Waals surface area (Å²) >= 11 is 0. The summed E-state index contributed by atoms with van der Waals surface area (Å²) in [6, 6.07) is 13.9. The van der Waals surface area contributed by atoms with Gasteiger partial charge in [-0.15, -0.1) is 0 Å². The summed E-state index contributed by atoms with van der Waals surface area (Å²) in [6.07, 6.45) is 4.95. The van der Waals surface area contributed by atoms with Crippen LogP contribution in [-0.2, 0) is 20.0 Å². The Morgan fingerprint density at radius 3 is 1.86 bits per heavy atom. The Morgan fingerprint density at radius 2 is 1.29 bits per heavy atom. The highest BCUT2D eigenvalue weighted by Gasteiger charge is 2.46. The Balaban J connectivity index is 1.44. The highest BCUT2D eigenvalue weighted by atomic mass is 32.2. The van der Waals surface area contributed by atoms with E-state index >= 15 is 0 Å². The maximum Gasteiger partial charge on any atom is 0.243 e. The number of sulfonamides is 2. The number of hydrogen-bond donors (Lipinski definition) is 0. The summed E-state index contributed by atoms with van der Waals surface area (Å²) in [7, 11) is -7.27. The third kappa shape index (κ3) is 4.42. The molecule has 0 aromatic heterocycles. The molecule has 0 radical (unpaired) electrons. The molecule has 3 unspecified atom stereocenters. The Hall–Kier alpha value is -2.26. The van der Waals surface area contributed by atoms with Crippen LogP contribution in [0.15, 0.2) is 81.6 Å². The minimum atomic E-state index is -3.65. The lowest BCUT2D eigenvalue weighted by Crippen LogP contribution is -2.41. The van der Waals surface area contributed by atoms with Crippen molar-refractivity contribution >= 4 is 20.0 Å². The molecule has 2 aromatic rings. The molecule has 1 aliphatic carbocycles. The Bertz CT molecular complexity index is 1390. The van der Waals surface area contributed by atoms with E-state index in [2.05, 4.69) is 13.0 Å². The van der Waals surface area contributed by atoms with Gasteiger partial charge in [-0.25, -0.2) is 16.8 Å². The quantitative estimate of drug-likeness (QED) is 0.577. The number of rotatable bonds is 4. The molecule has 3 atom stereocenters. The van der Waals surface area contributed by atoms with E-state index in [9.17, 15) is 16.8 Å². The van der Waals surface area contributed by atoms with Gasteiger partial charge in [0.15, 0.2) is 0 Å². The van der Waals surface area contributed by atoms with E-state index in [1.807, 2.05) is 44.2 Å².